The van der Waals surface area contributed by atoms with Crippen LogP contribution in [0.4, 0.5) is 0 Å². The molecule has 2 N–H and O–H groups in total. The lowest BCUT2D eigenvalue weighted by Crippen LogP contribution is -2.43. The van der Waals surface area contributed by atoms with Crippen LogP contribution in [0, 0.1) is 17.8 Å². The summed E-state index contributed by atoms with van der Waals surface area (Å²) in [5, 5.41) is 12.5. The second-order valence-electron chi connectivity index (χ2n) is 5.96. The minimum Gasteiger partial charge on any atom is -0.394 e. The van der Waals surface area contributed by atoms with E-state index in [1.54, 1.807) is 0 Å². The predicted molar refractivity (Wildman–Crippen MR) is 78.0 cm³/mol. The predicted octanol–water partition coefficient (Wildman–Crippen LogP) is 1.92. The Morgan fingerprint density at radius 2 is 2.05 bits per heavy atom. The summed E-state index contributed by atoms with van der Waals surface area (Å²) in [6, 6.07) is 9.79. The first kappa shape index (κ1) is 13.4. The fourth-order valence-corrected chi connectivity index (χ4v) is 3.45. The van der Waals surface area contributed by atoms with Crippen molar-refractivity contribution in [3.8, 4) is 0 Å². The van der Waals surface area contributed by atoms with Gasteiger partial charge in [-0.3, -0.25) is 4.79 Å². The molecule has 2 aliphatic carbocycles. The zero-order chi connectivity index (χ0) is 13.9. The highest BCUT2D eigenvalue weighted by Crippen LogP contribution is 2.43. The Morgan fingerprint density at radius 1 is 1.25 bits per heavy atom. The van der Waals surface area contributed by atoms with Crippen molar-refractivity contribution in [3.05, 3.63) is 48.0 Å². The van der Waals surface area contributed by atoms with Gasteiger partial charge in [-0.05, 0) is 36.7 Å². The van der Waals surface area contributed by atoms with E-state index in [2.05, 4.69) is 17.5 Å². The molecule has 1 fully saturated rings. The third-order valence-corrected chi connectivity index (χ3v) is 4.51. The molecule has 0 aromatic heterocycles. The summed E-state index contributed by atoms with van der Waals surface area (Å²) in [6.07, 6.45) is 7.20. The summed E-state index contributed by atoms with van der Waals surface area (Å²) < 4.78 is 0. The monoisotopic (exact) mass is 271 g/mol. The van der Waals surface area contributed by atoms with Crippen LogP contribution in [0.2, 0.25) is 0 Å². The molecule has 3 rings (SSSR count). The second kappa shape index (κ2) is 5.80. The van der Waals surface area contributed by atoms with Crippen molar-refractivity contribution >= 4 is 5.91 Å². The summed E-state index contributed by atoms with van der Waals surface area (Å²) in [7, 11) is 0. The van der Waals surface area contributed by atoms with Crippen molar-refractivity contribution < 1.29 is 9.90 Å². The van der Waals surface area contributed by atoms with Crippen LogP contribution in [0.15, 0.2) is 42.5 Å². The zero-order valence-electron chi connectivity index (χ0n) is 11.5. The molecular formula is C17H21NO2. The topological polar surface area (TPSA) is 49.3 Å². The number of rotatable bonds is 5. The van der Waals surface area contributed by atoms with E-state index >= 15 is 0 Å². The molecule has 0 aliphatic heterocycles. The van der Waals surface area contributed by atoms with E-state index in [1.807, 2.05) is 30.3 Å². The first-order chi connectivity index (χ1) is 9.76. The van der Waals surface area contributed by atoms with Crippen LogP contribution in [0.1, 0.15) is 18.4 Å². The smallest absolute Gasteiger partial charge is 0.224 e. The maximum Gasteiger partial charge on any atom is 0.224 e. The highest BCUT2D eigenvalue weighted by molar-refractivity contribution is 5.80. The molecule has 0 spiro atoms. The summed E-state index contributed by atoms with van der Waals surface area (Å²) >= 11 is 0. The Bertz CT molecular complexity index is 497. The number of carbonyl (C=O) groups excluding carboxylic acids is 1. The van der Waals surface area contributed by atoms with Gasteiger partial charge in [0.15, 0.2) is 0 Å². The van der Waals surface area contributed by atoms with Gasteiger partial charge in [0.2, 0.25) is 5.91 Å². The van der Waals surface area contributed by atoms with Gasteiger partial charge < -0.3 is 10.4 Å². The molecule has 0 heterocycles. The number of aliphatic hydroxyl groups excluding tert-OH is 1. The van der Waals surface area contributed by atoms with E-state index in [0.717, 1.165) is 18.4 Å². The van der Waals surface area contributed by atoms with Crippen LogP contribution in [0.3, 0.4) is 0 Å². The Kier molecular flexibility index (Phi) is 3.88. The average molecular weight is 271 g/mol. The Balaban J connectivity index is 1.58. The fraction of sp³-hybridized carbons (Fsp3) is 0.471. The number of amides is 1. The molecule has 20 heavy (non-hydrogen) atoms. The van der Waals surface area contributed by atoms with Gasteiger partial charge in [0.25, 0.3) is 0 Å². The van der Waals surface area contributed by atoms with Crippen LogP contribution < -0.4 is 5.32 Å². The minimum absolute atomic E-state index is 0.0166. The number of hydrogen-bond donors (Lipinski definition) is 2. The number of allylic oxidation sites excluding steroid dienone is 2. The van der Waals surface area contributed by atoms with Crippen molar-refractivity contribution in [3.63, 3.8) is 0 Å². The minimum atomic E-state index is -0.187. The molecule has 2 aliphatic rings. The molecule has 3 unspecified atom stereocenters. The van der Waals surface area contributed by atoms with Crippen molar-refractivity contribution in [1.29, 1.82) is 0 Å². The summed E-state index contributed by atoms with van der Waals surface area (Å²) in [4.78, 5) is 12.3. The Labute approximate surface area is 119 Å². The number of aliphatic hydroxyl groups is 1. The lowest BCUT2D eigenvalue weighted by atomic mass is 9.92. The highest BCUT2D eigenvalue weighted by Gasteiger charge is 2.40. The molecule has 106 valence electrons. The Hall–Kier alpha value is -1.61. The van der Waals surface area contributed by atoms with Gasteiger partial charge in [-0.1, -0.05) is 42.5 Å². The lowest BCUT2D eigenvalue weighted by Gasteiger charge is -2.22. The SMILES string of the molecule is O=C(N[C@H](CO)Cc1ccccc1)C1CC2C=CC1C2. The number of carbonyl (C=O) groups is 1. The van der Waals surface area contributed by atoms with E-state index in [0.29, 0.717) is 18.3 Å². The number of hydrogen-bond acceptors (Lipinski definition) is 2. The third kappa shape index (κ3) is 2.78. The number of benzene rings is 1. The van der Waals surface area contributed by atoms with Crippen molar-refractivity contribution in [2.75, 3.05) is 6.61 Å². The molecule has 1 aromatic carbocycles. The van der Waals surface area contributed by atoms with Gasteiger partial charge in [-0.2, -0.15) is 0 Å². The van der Waals surface area contributed by atoms with Crippen LogP contribution in [-0.2, 0) is 11.2 Å². The molecule has 1 amide bonds. The molecular weight excluding hydrogens is 250 g/mol. The van der Waals surface area contributed by atoms with Gasteiger partial charge in [0, 0.05) is 5.92 Å². The van der Waals surface area contributed by atoms with Crippen LogP contribution in [0.25, 0.3) is 0 Å². The van der Waals surface area contributed by atoms with Crippen molar-refractivity contribution in [2.24, 2.45) is 17.8 Å². The normalized spacial score (nSPS) is 28.6. The maximum atomic E-state index is 12.3. The molecule has 3 heteroatoms. The largest absolute Gasteiger partial charge is 0.394 e. The third-order valence-electron chi connectivity index (χ3n) is 4.51. The average Bonchev–Trinajstić information content (AvgIpc) is 3.10. The highest BCUT2D eigenvalue weighted by atomic mass is 16.3. The Morgan fingerprint density at radius 3 is 2.65 bits per heavy atom. The van der Waals surface area contributed by atoms with Gasteiger partial charge in [0.1, 0.15) is 0 Å². The molecule has 1 aromatic rings. The number of fused-ring (bicyclic) bond motifs is 2. The molecule has 3 nitrogen and oxygen atoms in total. The van der Waals surface area contributed by atoms with Crippen LogP contribution in [0.5, 0.6) is 0 Å². The van der Waals surface area contributed by atoms with Crippen LogP contribution >= 0.6 is 0 Å². The van der Waals surface area contributed by atoms with Gasteiger partial charge in [0.05, 0.1) is 12.6 Å². The first-order valence-corrected chi connectivity index (χ1v) is 7.39. The standard InChI is InChI=1S/C17H21NO2/c19-11-15(9-12-4-2-1-3-5-12)18-17(20)16-10-13-6-7-14(16)8-13/h1-7,13-16,19H,8-11H2,(H,18,20)/t13?,14?,15-,16?/m0/s1. The lowest BCUT2D eigenvalue weighted by molar-refractivity contribution is -0.126. The zero-order valence-corrected chi connectivity index (χ0v) is 11.5. The van der Waals surface area contributed by atoms with E-state index in [1.165, 1.54) is 0 Å². The summed E-state index contributed by atoms with van der Waals surface area (Å²) in [5.41, 5.74) is 1.14. The van der Waals surface area contributed by atoms with E-state index in [-0.39, 0.29) is 24.5 Å². The van der Waals surface area contributed by atoms with E-state index in [4.69, 9.17) is 0 Å². The summed E-state index contributed by atoms with van der Waals surface area (Å²) in [6.45, 7) is -0.0166. The fourth-order valence-electron chi connectivity index (χ4n) is 3.45. The van der Waals surface area contributed by atoms with Crippen molar-refractivity contribution in [2.45, 2.75) is 25.3 Å². The first-order valence-electron chi connectivity index (χ1n) is 7.39. The molecule has 1 saturated carbocycles. The second-order valence-corrected chi connectivity index (χ2v) is 5.96. The molecule has 0 saturated heterocycles. The van der Waals surface area contributed by atoms with E-state index < -0.39 is 0 Å². The number of nitrogens with one attached hydrogen (secondary N) is 1. The van der Waals surface area contributed by atoms with Crippen molar-refractivity contribution in [1.82, 2.24) is 5.32 Å². The van der Waals surface area contributed by atoms with Gasteiger partial charge >= 0.3 is 0 Å². The maximum absolute atomic E-state index is 12.3. The quantitative estimate of drug-likeness (QED) is 0.804. The molecule has 0 radical (unpaired) electrons. The van der Waals surface area contributed by atoms with Gasteiger partial charge in [-0.15, -0.1) is 0 Å². The summed E-state index contributed by atoms with van der Waals surface area (Å²) in [5.74, 6) is 1.22. The molecule has 4 atom stereocenters. The van der Waals surface area contributed by atoms with E-state index in [9.17, 15) is 9.90 Å². The van der Waals surface area contributed by atoms with Gasteiger partial charge in [-0.25, -0.2) is 0 Å². The van der Waals surface area contributed by atoms with Crippen LogP contribution in [-0.4, -0.2) is 23.7 Å². The molecule has 2 bridgehead atoms.